The number of benzene rings is 4. The highest BCUT2D eigenvalue weighted by molar-refractivity contribution is 5.47. The molecule has 0 aliphatic heterocycles. The van der Waals surface area contributed by atoms with Crippen LogP contribution in [0.5, 0.6) is 23.0 Å². The molecule has 222 valence electrons. The molecule has 0 saturated carbocycles. The highest BCUT2D eigenvalue weighted by Crippen LogP contribution is 2.36. The van der Waals surface area contributed by atoms with E-state index in [0.717, 1.165) is 33.9 Å². The molecule has 0 aromatic heterocycles. The summed E-state index contributed by atoms with van der Waals surface area (Å²) in [5, 5.41) is 0. The Bertz CT molecular complexity index is 1460. The molecule has 0 radical (unpaired) electrons. The maximum absolute atomic E-state index is 5.87. The number of rotatable bonds is 13. The van der Waals surface area contributed by atoms with E-state index in [4.69, 9.17) is 28.7 Å². The third kappa shape index (κ3) is 7.07. The zero-order chi connectivity index (χ0) is 30.3. The first kappa shape index (κ1) is 30.9. The lowest BCUT2D eigenvalue weighted by Gasteiger charge is -2.27. The highest BCUT2D eigenvalue weighted by atomic mass is 17.2. The first-order valence-corrected chi connectivity index (χ1v) is 14.1. The van der Waals surface area contributed by atoms with Crippen LogP contribution in [-0.4, -0.2) is 27.8 Å². The SMILES string of the molecule is COCOc1ccc(C(C)(C)c2ccc(OOCOc3ccc(C(C)(C)c4ccc(OC)c(C)c4)cc3C)cc2)cc1. The van der Waals surface area contributed by atoms with E-state index < -0.39 is 0 Å². The third-order valence-corrected chi connectivity index (χ3v) is 7.93. The normalized spacial score (nSPS) is 11.7. The highest BCUT2D eigenvalue weighted by Gasteiger charge is 2.25. The maximum Gasteiger partial charge on any atom is 0.232 e. The molecule has 0 atom stereocenters. The lowest BCUT2D eigenvalue weighted by atomic mass is 9.77. The van der Waals surface area contributed by atoms with Crippen LogP contribution in [0.15, 0.2) is 84.9 Å². The summed E-state index contributed by atoms with van der Waals surface area (Å²) in [6, 6.07) is 28.5. The van der Waals surface area contributed by atoms with Crippen LogP contribution < -0.4 is 19.1 Å². The van der Waals surface area contributed by atoms with Crippen molar-refractivity contribution in [3.05, 3.63) is 118 Å². The lowest BCUT2D eigenvalue weighted by Crippen LogP contribution is -2.19. The Morgan fingerprint density at radius 3 is 1.50 bits per heavy atom. The van der Waals surface area contributed by atoms with Gasteiger partial charge in [-0.05, 0) is 83.6 Å². The summed E-state index contributed by atoms with van der Waals surface area (Å²) in [6.07, 6.45) is 0. The van der Waals surface area contributed by atoms with Crippen LogP contribution in [-0.2, 0) is 20.5 Å². The molecule has 0 unspecified atom stereocenters. The Hall–Kier alpha value is -4.00. The second-order valence-corrected chi connectivity index (χ2v) is 11.5. The predicted octanol–water partition coefficient (Wildman–Crippen LogP) is 8.29. The maximum atomic E-state index is 5.87. The van der Waals surface area contributed by atoms with Crippen LogP contribution in [0.3, 0.4) is 0 Å². The van der Waals surface area contributed by atoms with Crippen molar-refractivity contribution < 1.29 is 28.7 Å². The number of hydrogen-bond acceptors (Lipinski definition) is 6. The van der Waals surface area contributed by atoms with Gasteiger partial charge in [-0.15, -0.1) is 4.89 Å². The molecule has 0 fully saturated rings. The molecule has 0 heterocycles. The van der Waals surface area contributed by atoms with Gasteiger partial charge in [0.1, 0.15) is 17.2 Å². The van der Waals surface area contributed by atoms with Gasteiger partial charge >= 0.3 is 0 Å². The van der Waals surface area contributed by atoms with Crippen molar-refractivity contribution in [2.24, 2.45) is 0 Å². The molecule has 0 aliphatic carbocycles. The average Bonchev–Trinajstić information content (AvgIpc) is 2.99. The first-order chi connectivity index (χ1) is 20.1. The predicted molar refractivity (Wildman–Crippen MR) is 166 cm³/mol. The standard InChI is InChI=1S/C36H42O6/c1-25-21-29(13-19-33(25)38-8)36(5,6)30-14-20-34(26(2)22-30)40-24-41-42-32-17-11-28(12-18-32)35(3,4)27-9-15-31(16-10-27)39-23-37-7/h9-22H,23-24H2,1-8H3. The van der Waals surface area contributed by atoms with Gasteiger partial charge in [-0.3, -0.25) is 0 Å². The summed E-state index contributed by atoms with van der Waals surface area (Å²) < 4.78 is 21.8. The van der Waals surface area contributed by atoms with Crippen LogP contribution in [0.25, 0.3) is 0 Å². The van der Waals surface area contributed by atoms with Crippen LogP contribution in [0.1, 0.15) is 61.1 Å². The van der Waals surface area contributed by atoms with Crippen molar-refractivity contribution in [3.8, 4) is 23.0 Å². The van der Waals surface area contributed by atoms with Crippen LogP contribution >= 0.6 is 0 Å². The minimum Gasteiger partial charge on any atom is -0.496 e. The lowest BCUT2D eigenvalue weighted by molar-refractivity contribution is -0.246. The van der Waals surface area contributed by atoms with Gasteiger partial charge in [0, 0.05) is 17.9 Å². The van der Waals surface area contributed by atoms with Gasteiger partial charge in [-0.25, -0.2) is 0 Å². The topological polar surface area (TPSA) is 55.4 Å². The average molecular weight is 571 g/mol. The summed E-state index contributed by atoms with van der Waals surface area (Å²) in [5.74, 6) is 3.02. The van der Waals surface area contributed by atoms with Crippen molar-refractivity contribution in [2.45, 2.75) is 52.4 Å². The van der Waals surface area contributed by atoms with E-state index in [1.54, 1.807) is 14.2 Å². The fourth-order valence-corrected chi connectivity index (χ4v) is 5.00. The fraction of sp³-hybridized carbons (Fsp3) is 0.333. The van der Waals surface area contributed by atoms with Gasteiger partial charge in [-0.2, -0.15) is 0 Å². The van der Waals surface area contributed by atoms with Gasteiger partial charge in [0.25, 0.3) is 0 Å². The van der Waals surface area contributed by atoms with E-state index in [1.165, 1.54) is 16.7 Å². The molecule has 0 spiro atoms. The molecule has 4 aromatic rings. The van der Waals surface area contributed by atoms with Gasteiger partial charge < -0.3 is 23.8 Å². The quantitative estimate of drug-likeness (QED) is 0.0698. The van der Waals surface area contributed by atoms with E-state index in [2.05, 4.69) is 71.0 Å². The Labute approximate surface area is 250 Å². The summed E-state index contributed by atoms with van der Waals surface area (Å²) in [5.41, 5.74) is 6.52. The van der Waals surface area contributed by atoms with E-state index in [9.17, 15) is 0 Å². The molecule has 6 heteroatoms. The van der Waals surface area contributed by atoms with Crippen molar-refractivity contribution in [1.29, 1.82) is 0 Å². The zero-order valence-corrected chi connectivity index (χ0v) is 25.9. The minimum absolute atomic E-state index is 0.0357. The Morgan fingerprint density at radius 2 is 1.00 bits per heavy atom. The number of aryl methyl sites for hydroxylation is 2. The summed E-state index contributed by atoms with van der Waals surface area (Å²) in [7, 11) is 3.30. The minimum atomic E-state index is -0.202. The summed E-state index contributed by atoms with van der Waals surface area (Å²) in [4.78, 5) is 10.9. The van der Waals surface area contributed by atoms with Crippen LogP contribution in [0.4, 0.5) is 0 Å². The van der Waals surface area contributed by atoms with Gasteiger partial charge in [0.05, 0.1) is 7.11 Å². The molecule has 0 N–H and O–H groups in total. The van der Waals surface area contributed by atoms with Gasteiger partial charge in [0.15, 0.2) is 12.5 Å². The smallest absolute Gasteiger partial charge is 0.232 e. The zero-order valence-electron chi connectivity index (χ0n) is 25.9. The molecular formula is C36H42O6. The molecule has 4 rings (SSSR count). The second kappa shape index (κ2) is 13.3. The number of hydrogen-bond donors (Lipinski definition) is 0. The van der Waals surface area contributed by atoms with Crippen LogP contribution in [0.2, 0.25) is 0 Å². The number of ether oxygens (including phenoxy) is 4. The van der Waals surface area contributed by atoms with Gasteiger partial charge in [0.2, 0.25) is 6.79 Å². The van der Waals surface area contributed by atoms with E-state index in [-0.39, 0.29) is 24.4 Å². The largest absolute Gasteiger partial charge is 0.496 e. The molecule has 0 amide bonds. The summed E-state index contributed by atoms with van der Waals surface area (Å²) >= 11 is 0. The fourth-order valence-electron chi connectivity index (χ4n) is 5.00. The van der Waals surface area contributed by atoms with E-state index in [0.29, 0.717) is 5.75 Å². The van der Waals surface area contributed by atoms with Crippen molar-refractivity contribution in [2.75, 3.05) is 27.8 Å². The van der Waals surface area contributed by atoms with E-state index >= 15 is 0 Å². The molecule has 4 aromatic carbocycles. The Balaban J connectivity index is 1.31. The number of methoxy groups -OCH3 is 2. The molecular weight excluding hydrogens is 528 g/mol. The molecule has 0 saturated heterocycles. The van der Waals surface area contributed by atoms with Crippen molar-refractivity contribution in [3.63, 3.8) is 0 Å². The second-order valence-electron chi connectivity index (χ2n) is 11.5. The van der Waals surface area contributed by atoms with Gasteiger partial charge in [-0.1, -0.05) is 76.2 Å². The molecule has 6 nitrogen and oxygen atoms in total. The third-order valence-electron chi connectivity index (χ3n) is 7.93. The molecule has 0 aliphatic rings. The van der Waals surface area contributed by atoms with Crippen molar-refractivity contribution in [1.82, 2.24) is 0 Å². The molecule has 42 heavy (non-hydrogen) atoms. The first-order valence-electron chi connectivity index (χ1n) is 14.1. The van der Waals surface area contributed by atoms with Crippen molar-refractivity contribution >= 4 is 0 Å². The Morgan fingerprint density at radius 1 is 0.524 bits per heavy atom. The van der Waals surface area contributed by atoms with E-state index in [1.807, 2.05) is 55.5 Å². The monoisotopic (exact) mass is 570 g/mol. The Kier molecular flexibility index (Phi) is 9.81. The van der Waals surface area contributed by atoms with Crippen LogP contribution in [0, 0.1) is 13.8 Å². The summed E-state index contributed by atoms with van der Waals surface area (Å²) in [6.45, 7) is 13.1. The molecule has 0 bridgehead atoms.